The van der Waals surface area contributed by atoms with Gasteiger partial charge in [-0.25, -0.2) is 4.39 Å². The Bertz CT molecular complexity index is 608. The Kier molecular flexibility index (Phi) is 5.97. The van der Waals surface area contributed by atoms with Gasteiger partial charge in [-0.1, -0.05) is 50.9 Å². The van der Waals surface area contributed by atoms with Gasteiger partial charge < -0.3 is 5.32 Å². The molecule has 0 heterocycles. The van der Waals surface area contributed by atoms with E-state index in [0.29, 0.717) is 0 Å². The number of nitrogens with one attached hydrogen (secondary N) is 1. The number of hydrogen-bond acceptors (Lipinski definition) is 1. The Labute approximate surface area is 142 Å². The van der Waals surface area contributed by atoms with Crippen molar-refractivity contribution in [3.63, 3.8) is 0 Å². The molecule has 0 radical (unpaired) electrons. The summed E-state index contributed by atoms with van der Waals surface area (Å²) < 4.78 is 15.8. The number of hydrogen-bond donors (Lipinski definition) is 1. The number of rotatable bonds is 5. The van der Waals surface area contributed by atoms with Crippen molar-refractivity contribution in [2.24, 2.45) is 0 Å². The number of halogens is 3. The van der Waals surface area contributed by atoms with Crippen LogP contribution in [0.4, 0.5) is 4.39 Å². The van der Waals surface area contributed by atoms with Gasteiger partial charge in [0, 0.05) is 8.95 Å². The van der Waals surface area contributed by atoms with Crippen molar-refractivity contribution in [1.29, 1.82) is 0 Å². The third kappa shape index (κ3) is 4.38. The third-order valence-electron chi connectivity index (χ3n) is 3.27. The van der Waals surface area contributed by atoms with Crippen molar-refractivity contribution in [1.82, 2.24) is 5.32 Å². The van der Waals surface area contributed by atoms with Crippen LogP contribution in [0.2, 0.25) is 0 Å². The maximum atomic E-state index is 13.7. The first-order valence-electron chi connectivity index (χ1n) is 6.96. The fourth-order valence-electron chi connectivity index (χ4n) is 2.36. The fraction of sp³-hybridized carbons (Fsp3) is 0.294. The summed E-state index contributed by atoms with van der Waals surface area (Å²) in [5.41, 5.74) is 2.99. The highest BCUT2D eigenvalue weighted by Crippen LogP contribution is 2.31. The normalized spacial score (nSPS) is 12.4. The van der Waals surface area contributed by atoms with Gasteiger partial charge in [-0.15, -0.1) is 0 Å². The SMILES string of the molecule is CCCNC(c1cc(C)cc(F)c1)c1ccc(Br)cc1Br. The molecule has 1 nitrogen and oxygen atoms in total. The molecule has 0 saturated heterocycles. The molecule has 0 bridgehead atoms. The molecule has 0 fully saturated rings. The minimum Gasteiger partial charge on any atom is -0.306 e. The maximum Gasteiger partial charge on any atom is 0.123 e. The van der Waals surface area contributed by atoms with E-state index in [0.717, 1.165) is 38.6 Å². The summed E-state index contributed by atoms with van der Waals surface area (Å²) in [5, 5.41) is 3.50. The third-order valence-corrected chi connectivity index (χ3v) is 4.45. The van der Waals surface area contributed by atoms with Crippen LogP contribution >= 0.6 is 31.9 Å². The van der Waals surface area contributed by atoms with Gasteiger partial charge in [0.25, 0.3) is 0 Å². The standard InChI is InChI=1S/C17H18Br2FN/c1-3-6-21-17(12-7-11(2)8-14(20)9-12)15-5-4-13(18)10-16(15)19/h4-5,7-10,17,21H,3,6H2,1-2H3. The predicted octanol–water partition coefficient (Wildman–Crippen LogP) is 5.75. The zero-order chi connectivity index (χ0) is 15.4. The van der Waals surface area contributed by atoms with Crippen molar-refractivity contribution in [3.05, 3.63) is 67.9 Å². The molecule has 1 unspecified atom stereocenters. The molecule has 0 amide bonds. The molecule has 2 aromatic rings. The Balaban J connectivity index is 2.46. The summed E-state index contributed by atoms with van der Waals surface area (Å²) in [6.07, 6.45) is 1.03. The van der Waals surface area contributed by atoms with E-state index in [9.17, 15) is 4.39 Å². The molecule has 1 atom stereocenters. The van der Waals surface area contributed by atoms with Crippen LogP contribution in [0.1, 0.15) is 36.1 Å². The van der Waals surface area contributed by atoms with Gasteiger partial charge in [0.05, 0.1) is 6.04 Å². The monoisotopic (exact) mass is 413 g/mol. The van der Waals surface area contributed by atoms with Gasteiger partial charge >= 0.3 is 0 Å². The molecular weight excluding hydrogens is 397 g/mol. The average Bonchev–Trinajstić information content (AvgIpc) is 2.40. The van der Waals surface area contributed by atoms with Crippen molar-refractivity contribution in [2.45, 2.75) is 26.3 Å². The smallest absolute Gasteiger partial charge is 0.123 e. The first-order valence-corrected chi connectivity index (χ1v) is 8.55. The second-order valence-electron chi connectivity index (χ2n) is 5.11. The summed E-state index contributed by atoms with van der Waals surface area (Å²) in [6.45, 7) is 4.92. The molecule has 112 valence electrons. The molecule has 0 aliphatic heterocycles. The summed E-state index contributed by atoms with van der Waals surface area (Å²) in [4.78, 5) is 0. The van der Waals surface area contributed by atoms with E-state index in [1.54, 1.807) is 12.1 Å². The number of benzene rings is 2. The topological polar surface area (TPSA) is 12.0 Å². The van der Waals surface area contributed by atoms with Gasteiger partial charge in [0.1, 0.15) is 5.82 Å². The molecule has 0 aromatic heterocycles. The molecule has 2 aromatic carbocycles. The van der Waals surface area contributed by atoms with E-state index < -0.39 is 0 Å². The summed E-state index contributed by atoms with van der Waals surface area (Å²) >= 11 is 7.08. The first kappa shape index (κ1) is 16.7. The van der Waals surface area contributed by atoms with Crippen LogP contribution in [0, 0.1) is 12.7 Å². The Morgan fingerprint density at radius 1 is 1.14 bits per heavy atom. The molecule has 2 rings (SSSR count). The van der Waals surface area contributed by atoms with Gasteiger partial charge in [-0.3, -0.25) is 0 Å². The lowest BCUT2D eigenvalue weighted by Crippen LogP contribution is -2.23. The van der Waals surface area contributed by atoms with Gasteiger partial charge in [0.2, 0.25) is 0 Å². The zero-order valence-electron chi connectivity index (χ0n) is 12.1. The van der Waals surface area contributed by atoms with Crippen LogP contribution < -0.4 is 5.32 Å². The van der Waals surface area contributed by atoms with Crippen molar-refractivity contribution >= 4 is 31.9 Å². The molecular formula is C17H18Br2FN. The molecule has 0 aliphatic carbocycles. The van der Waals surface area contributed by atoms with E-state index in [-0.39, 0.29) is 11.9 Å². The van der Waals surface area contributed by atoms with Crippen molar-refractivity contribution < 1.29 is 4.39 Å². The Hall–Kier alpha value is -0.710. The highest BCUT2D eigenvalue weighted by atomic mass is 79.9. The van der Waals surface area contributed by atoms with Crippen LogP contribution in [-0.4, -0.2) is 6.54 Å². The maximum absolute atomic E-state index is 13.7. The van der Waals surface area contributed by atoms with E-state index in [1.807, 2.05) is 25.1 Å². The molecule has 0 aliphatic rings. The summed E-state index contributed by atoms with van der Waals surface area (Å²) in [7, 11) is 0. The van der Waals surface area contributed by atoms with Gasteiger partial charge in [0.15, 0.2) is 0 Å². The Morgan fingerprint density at radius 3 is 2.52 bits per heavy atom. The van der Waals surface area contributed by atoms with Crippen LogP contribution in [-0.2, 0) is 0 Å². The van der Waals surface area contributed by atoms with Crippen LogP contribution in [0.15, 0.2) is 45.3 Å². The second kappa shape index (κ2) is 7.52. The molecule has 21 heavy (non-hydrogen) atoms. The van der Waals surface area contributed by atoms with Gasteiger partial charge in [-0.05, 0) is 60.8 Å². The molecule has 4 heteroatoms. The highest BCUT2D eigenvalue weighted by molar-refractivity contribution is 9.11. The lowest BCUT2D eigenvalue weighted by atomic mass is 9.97. The van der Waals surface area contributed by atoms with Crippen molar-refractivity contribution in [2.75, 3.05) is 6.54 Å². The lowest BCUT2D eigenvalue weighted by molar-refractivity contribution is 0.583. The zero-order valence-corrected chi connectivity index (χ0v) is 15.3. The Morgan fingerprint density at radius 2 is 1.90 bits per heavy atom. The van der Waals surface area contributed by atoms with E-state index >= 15 is 0 Å². The molecule has 0 spiro atoms. The second-order valence-corrected chi connectivity index (χ2v) is 6.88. The summed E-state index contributed by atoms with van der Waals surface area (Å²) in [5.74, 6) is -0.193. The summed E-state index contributed by atoms with van der Waals surface area (Å²) in [6, 6.07) is 11.2. The average molecular weight is 415 g/mol. The molecule has 0 saturated carbocycles. The van der Waals surface area contributed by atoms with E-state index in [1.165, 1.54) is 0 Å². The quantitative estimate of drug-likeness (QED) is 0.656. The lowest BCUT2D eigenvalue weighted by Gasteiger charge is -2.21. The predicted molar refractivity (Wildman–Crippen MR) is 93.1 cm³/mol. The largest absolute Gasteiger partial charge is 0.306 e. The van der Waals surface area contributed by atoms with Crippen molar-refractivity contribution in [3.8, 4) is 0 Å². The minimum absolute atomic E-state index is 0.0261. The van der Waals surface area contributed by atoms with E-state index in [4.69, 9.17) is 0 Å². The molecule has 1 N–H and O–H groups in total. The van der Waals surface area contributed by atoms with E-state index in [2.05, 4.69) is 50.2 Å². The van der Waals surface area contributed by atoms with Crippen LogP contribution in [0.3, 0.4) is 0 Å². The first-order chi connectivity index (χ1) is 10.0. The fourth-order valence-corrected chi connectivity index (χ4v) is 3.64. The van der Waals surface area contributed by atoms with Crippen LogP contribution in [0.5, 0.6) is 0 Å². The minimum atomic E-state index is -0.193. The van der Waals surface area contributed by atoms with Gasteiger partial charge in [-0.2, -0.15) is 0 Å². The highest BCUT2D eigenvalue weighted by Gasteiger charge is 2.17. The number of aryl methyl sites for hydroxylation is 1. The van der Waals surface area contributed by atoms with Crippen LogP contribution in [0.25, 0.3) is 0 Å².